The molecule has 0 atom stereocenters. The van der Waals surface area contributed by atoms with E-state index in [-0.39, 0.29) is 0 Å². The van der Waals surface area contributed by atoms with Crippen LogP contribution in [0.5, 0.6) is 0 Å². The summed E-state index contributed by atoms with van der Waals surface area (Å²) in [6.45, 7) is 7.37. The van der Waals surface area contributed by atoms with Gasteiger partial charge in [0, 0.05) is 22.7 Å². The predicted octanol–water partition coefficient (Wildman–Crippen LogP) is 8.13. The maximum atomic E-state index is 14.5. The van der Waals surface area contributed by atoms with Gasteiger partial charge in [-0.15, -0.1) is 0 Å². The van der Waals surface area contributed by atoms with E-state index in [1.54, 1.807) is 37.3 Å². The molecule has 0 saturated carbocycles. The Bertz CT molecular complexity index is 1730. The maximum absolute atomic E-state index is 14.5. The molecule has 40 heavy (non-hydrogen) atoms. The minimum Gasteiger partial charge on any atom is -0.329 e. The lowest BCUT2D eigenvalue weighted by molar-refractivity contribution is 0.624. The third-order valence-corrected chi connectivity index (χ3v) is 7.09. The second-order valence-corrected chi connectivity index (χ2v) is 9.95. The van der Waals surface area contributed by atoms with Gasteiger partial charge in [0.1, 0.15) is 0 Å². The van der Waals surface area contributed by atoms with E-state index in [1.165, 1.54) is 0 Å². The fourth-order valence-corrected chi connectivity index (χ4v) is 5.28. The van der Waals surface area contributed by atoms with Crippen LogP contribution in [0, 0.1) is 36.5 Å². The lowest BCUT2D eigenvalue weighted by Gasteiger charge is -2.19. The number of halogens is 2. The SMILES string of the molecule is CC1=CC(C)=N/C1=C(/c1cc(-c2ccc(C#N)cc2)cc(-c2ccc(C#N)cc2)c1)c1c(C)cc(C)n1B(F)F. The first kappa shape index (κ1) is 26.6. The molecule has 4 aromatic rings. The van der Waals surface area contributed by atoms with Crippen LogP contribution in [0.2, 0.25) is 0 Å². The van der Waals surface area contributed by atoms with E-state index < -0.39 is 7.40 Å². The second kappa shape index (κ2) is 10.6. The predicted molar refractivity (Wildman–Crippen MR) is 157 cm³/mol. The topological polar surface area (TPSA) is 64.9 Å². The van der Waals surface area contributed by atoms with E-state index in [9.17, 15) is 19.2 Å². The summed E-state index contributed by atoms with van der Waals surface area (Å²) in [6, 6.07) is 26.7. The Balaban J connectivity index is 1.85. The fourth-order valence-electron chi connectivity index (χ4n) is 5.28. The summed E-state index contributed by atoms with van der Waals surface area (Å²) >= 11 is 0. The van der Waals surface area contributed by atoms with Crippen LogP contribution < -0.4 is 0 Å². The second-order valence-electron chi connectivity index (χ2n) is 9.95. The largest absolute Gasteiger partial charge is 0.677 e. The summed E-state index contributed by atoms with van der Waals surface area (Å²) in [5.74, 6) is 0. The van der Waals surface area contributed by atoms with Crippen molar-refractivity contribution in [2.45, 2.75) is 27.7 Å². The van der Waals surface area contributed by atoms with Crippen molar-refractivity contribution in [3.8, 4) is 34.4 Å². The van der Waals surface area contributed by atoms with Crippen molar-refractivity contribution in [2.75, 3.05) is 0 Å². The molecule has 5 rings (SSSR count). The van der Waals surface area contributed by atoms with Crippen molar-refractivity contribution in [1.82, 2.24) is 4.48 Å². The molecule has 4 nitrogen and oxygen atoms in total. The summed E-state index contributed by atoms with van der Waals surface area (Å²) < 4.78 is 30.1. The Hall–Kier alpha value is -5.01. The highest BCUT2D eigenvalue weighted by molar-refractivity contribution is 6.41. The van der Waals surface area contributed by atoms with E-state index in [0.29, 0.717) is 33.8 Å². The average Bonchev–Trinajstić information content (AvgIpc) is 3.44. The molecule has 3 aromatic carbocycles. The fraction of sp³-hybridized carbons (Fsp3) is 0.121. The molecule has 0 radical (unpaired) electrons. The summed E-state index contributed by atoms with van der Waals surface area (Å²) in [5.41, 5.74) is 9.96. The van der Waals surface area contributed by atoms with Gasteiger partial charge in [-0.2, -0.15) is 10.5 Å². The molecule has 0 N–H and O–H groups in total. The van der Waals surface area contributed by atoms with Gasteiger partial charge in [-0.25, -0.2) is 0 Å². The molecule has 1 aromatic heterocycles. The molecule has 2 heterocycles. The van der Waals surface area contributed by atoms with Gasteiger partial charge in [-0.3, -0.25) is 13.6 Å². The Kier molecular flexibility index (Phi) is 7.07. The summed E-state index contributed by atoms with van der Waals surface area (Å²) in [7, 11) is -2.73. The van der Waals surface area contributed by atoms with Crippen LogP contribution in [-0.2, 0) is 0 Å². The summed E-state index contributed by atoms with van der Waals surface area (Å²) in [5, 5.41) is 18.6. The zero-order valence-corrected chi connectivity index (χ0v) is 22.6. The molecule has 194 valence electrons. The summed E-state index contributed by atoms with van der Waals surface area (Å²) in [6.07, 6.45) is 1.96. The minimum absolute atomic E-state index is 0.427. The number of nitriles is 2. The van der Waals surface area contributed by atoms with E-state index in [4.69, 9.17) is 4.99 Å². The van der Waals surface area contributed by atoms with Crippen LogP contribution in [0.4, 0.5) is 8.63 Å². The van der Waals surface area contributed by atoms with E-state index in [2.05, 4.69) is 12.1 Å². The van der Waals surface area contributed by atoms with Crippen molar-refractivity contribution in [1.29, 1.82) is 10.5 Å². The highest BCUT2D eigenvalue weighted by atomic mass is 19.2. The third kappa shape index (κ3) is 4.90. The lowest BCUT2D eigenvalue weighted by atomic mass is 9.89. The van der Waals surface area contributed by atoms with E-state index in [1.807, 2.05) is 69.3 Å². The molecule has 0 bridgehead atoms. The van der Waals surface area contributed by atoms with Crippen molar-refractivity contribution < 1.29 is 8.63 Å². The number of hydrogen-bond acceptors (Lipinski definition) is 3. The maximum Gasteiger partial charge on any atom is 0.677 e. The smallest absolute Gasteiger partial charge is 0.329 e. The van der Waals surface area contributed by atoms with Crippen LogP contribution in [-0.4, -0.2) is 17.6 Å². The first-order valence-electron chi connectivity index (χ1n) is 12.8. The third-order valence-electron chi connectivity index (χ3n) is 7.09. The molecule has 0 saturated heterocycles. The number of allylic oxidation sites excluding steroid dienone is 2. The molecule has 0 fully saturated rings. The molecule has 1 aliphatic heterocycles. The zero-order chi connectivity index (χ0) is 28.6. The highest BCUT2D eigenvalue weighted by Gasteiger charge is 2.29. The van der Waals surface area contributed by atoms with Crippen molar-refractivity contribution in [2.24, 2.45) is 4.99 Å². The van der Waals surface area contributed by atoms with Crippen molar-refractivity contribution >= 4 is 18.7 Å². The number of aliphatic imine (C=N–C) groups is 1. The molecular weight excluding hydrogens is 501 g/mol. The van der Waals surface area contributed by atoms with Gasteiger partial charge in [0.25, 0.3) is 0 Å². The number of hydrogen-bond donors (Lipinski definition) is 0. The molecule has 0 aliphatic carbocycles. The van der Waals surface area contributed by atoms with Crippen LogP contribution in [0.1, 0.15) is 47.5 Å². The van der Waals surface area contributed by atoms with E-state index >= 15 is 0 Å². The van der Waals surface area contributed by atoms with Crippen LogP contribution in [0.3, 0.4) is 0 Å². The monoisotopic (exact) mass is 526 g/mol. The lowest BCUT2D eigenvalue weighted by Crippen LogP contribution is -2.18. The van der Waals surface area contributed by atoms with Gasteiger partial charge in [0.15, 0.2) is 0 Å². The van der Waals surface area contributed by atoms with Crippen LogP contribution in [0.15, 0.2) is 95.1 Å². The van der Waals surface area contributed by atoms with Gasteiger partial charge < -0.3 is 4.48 Å². The van der Waals surface area contributed by atoms with Crippen molar-refractivity contribution in [3.05, 3.63) is 124 Å². The van der Waals surface area contributed by atoms with Gasteiger partial charge in [-0.05, 0) is 121 Å². The van der Waals surface area contributed by atoms with Gasteiger partial charge >= 0.3 is 7.40 Å². The number of rotatable bonds is 5. The number of aryl methyl sites for hydroxylation is 2. The molecule has 1 aliphatic rings. The molecule has 0 spiro atoms. The standard InChI is InChI=1S/C33H25BF2N4/c1-20-13-22(3)39-32(20)31(33-21(2)14-23(4)40(33)34(35)36)30-16-28(26-9-5-24(18-37)6-10-26)15-29(17-30)27-11-7-25(19-38)8-12-27/h5-17H,1-4H3/b32-31-. The van der Waals surface area contributed by atoms with Gasteiger partial charge in [0.2, 0.25) is 0 Å². The highest BCUT2D eigenvalue weighted by Crippen LogP contribution is 2.40. The zero-order valence-electron chi connectivity index (χ0n) is 22.6. The average molecular weight is 526 g/mol. The summed E-state index contributed by atoms with van der Waals surface area (Å²) in [4.78, 5) is 4.80. The number of aromatic nitrogens is 1. The van der Waals surface area contributed by atoms with Gasteiger partial charge in [0.05, 0.1) is 29.0 Å². The normalized spacial score (nSPS) is 13.8. The quantitative estimate of drug-likeness (QED) is 0.247. The Morgan fingerprint density at radius 3 is 1.70 bits per heavy atom. The molecular formula is C33H25BF2N4. The Morgan fingerprint density at radius 1 is 0.750 bits per heavy atom. The first-order valence-corrected chi connectivity index (χ1v) is 12.8. The Morgan fingerprint density at radius 2 is 1.27 bits per heavy atom. The number of benzene rings is 3. The number of nitrogens with zero attached hydrogens (tertiary/aromatic N) is 4. The van der Waals surface area contributed by atoms with Gasteiger partial charge in [-0.1, -0.05) is 24.3 Å². The Labute approximate surface area is 233 Å². The van der Waals surface area contributed by atoms with E-state index in [0.717, 1.165) is 49.1 Å². The molecule has 7 heteroatoms. The van der Waals surface area contributed by atoms with Crippen LogP contribution in [0.25, 0.3) is 27.8 Å². The van der Waals surface area contributed by atoms with Crippen molar-refractivity contribution in [3.63, 3.8) is 0 Å². The van der Waals surface area contributed by atoms with Crippen LogP contribution >= 0.6 is 0 Å². The first-order chi connectivity index (χ1) is 19.2. The minimum atomic E-state index is -2.73. The molecule has 0 amide bonds. The molecule has 0 unspecified atom stereocenters.